The van der Waals surface area contributed by atoms with Crippen molar-refractivity contribution >= 4 is 35.8 Å². The van der Waals surface area contributed by atoms with Crippen LogP contribution < -0.4 is 15.5 Å². The number of anilines is 1. The molecule has 0 aliphatic carbocycles. The van der Waals surface area contributed by atoms with Gasteiger partial charge >= 0.3 is 0 Å². The first-order valence-electron chi connectivity index (χ1n) is 9.85. The zero-order chi connectivity index (χ0) is 19.1. The molecule has 2 heterocycles. The van der Waals surface area contributed by atoms with Crippen molar-refractivity contribution in [3.8, 4) is 0 Å². The van der Waals surface area contributed by atoms with Gasteiger partial charge in [0.25, 0.3) is 0 Å². The van der Waals surface area contributed by atoms with Gasteiger partial charge in [0.1, 0.15) is 5.82 Å². The minimum atomic E-state index is 0. The van der Waals surface area contributed by atoms with E-state index in [2.05, 4.69) is 69.7 Å². The molecule has 1 aromatic heterocycles. The monoisotopic (exact) mass is 493 g/mol. The molecule has 1 aromatic carbocycles. The lowest BCUT2D eigenvalue weighted by Crippen LogP contribution is -2.37. The summed E-state index contributed by atoms with van der Waals surface area (Å²) in [5, 5.41) is 6.81. The lowest BCUT2D eigenvalue weighted by atomic mass is 10.1. The lowest BCUT2D eigenvalue weighted by Gasteiger charge is -2.17. The second-order valence-corrected chi connectivity index (χ2v) is 7.31. The summed E-state index contributed by atoms with van der Waals surface area (Å²) in [5.74, 6) is 1.92. The number of hydrogen-bond donors (Lipinski definition) is 2. The molecule has 28 heavy (non-hydrogen) atoms. The standard InChI is InChI=1S/C22H31N5.HI/c1-17-12-18(2)14-19(13-17)6-9-25-22(23-3)26-16-20-7-8-24-21(15-20)27-10-4-5-11-27;/h7-8,12-15H,4-6,9-11,16H2,1-3H3,(H2,23,25,26);1H. The van der Waals surface area contributed by atoms with Crippen LogP contribution in [0.3, 0.4) is 0 Å². The molecule has 0 saturated carbocycles. The van der Waals surface area contributed by atoms with Crippen molar-refractivity contribution in [1.82, 2.24) is 15.6 Å². The van der Waals surface area contributed by atoms with E-state index in [4.69, 9.17) is 0 Å². The van der Waals surface area contributed by atoms with E-state index in [-0.39, 0.29) is 24.0 Å². The molecular formula is C22H32IN5. The number of nitrogens with one attached hydrogen (secondary N) is 2. The molecule has 0 unspecified atom stereocenters. The van der Waals surface area contributed by atoms with Crippen LogP contribution in [0.15, 0.2) is 41.5 Å². The van der Waals surface area contributed by atoms with Gasteiger partial charge in [0.05, 0.1) is 0 Å². The Hall–Kier alpha value is -1.83. The first kappa shape index (κ1) is 22.5. The van der Waals surface area contributed by atoms with Crippen LogP contribution in [-0.4, -0.2) is 37.6 Å². The second kappa shape index (κ2) is 11.2. The molecule has 1 fully saturated rings. The fourth-order valence-electron chi connectivity index (χ4n) is 3.63. The molecular weight excluding hydrogens is 461 g/mol. The van der Waals surface area contributed by atoms with Crippen molar-refractivity contribution in [3.05, 3.63) is 58.8 Å². The SMILES string of the molecule is CN=C(NCCc1cc(C)cc(C)c1)NCc1ccnc(N2CCCC2)c1.I. The molecule has 5 nitrogen and oxygen atoms in total. The third-order valence-corrected chi connectivity index (χ3v) is 4.91. The molecule has 1 saturated heterocycles. The molecule has 2 aromatic rings. The fraction of sp³-hybridized carbons (Fsp3) is 0.455. The first-order valence-corrected chi connectivity index (χ1v) is 9.85. The van der Waals surface area contributed by atoms with E-state index >= 15 is 0 Å². The minimum Gasteiger partial charge on any atom is -0.357 e. The Balaban J connectivity index is 0.00000280. The maximum absolute atomic E-state index is 4.52. The van der Waals surface area contributed by atoms with Crippen molar-refractivity contribution in [3.63, 3.8) is 0 Å². The Morgan fingerprint density at radius 3 is 2.43 bits per heavy atom. The molecule has 3 rings (SSSR count). The molecule has 152 valence electrons. The van der Waals surface area contributed by atoms with Crippen molar-refractivity contribution in [2.75, 3.05) is 31.6 Å². The van der Waals surface area contributed by atoms with Crippen LogP contribution in [0.2, 0.25) is 0 Å². The summed E-state index contributed by atoms with van der Waals surface area (Å²) in [6.07, 6.45) is 5.42. The molecule has 1 aliphatic heterocycles. The van der Waals surface area contributed by atoms with Gasteiger partial charge in [0, 0.05) is 39.4 Å². The highest BCUT2D eigenvalue weighted by molar-refractivity contribution is 14.0. The minimum absolute atomic E-state index is 0. The van der Waals surface area contributed by atoms with Crippen LogP contribution in [0.5, 0.6) is 0 Å². The topological polar surface area (TPSA) is 52.6 Å². The van der Waals surface area contributed by atoms with Crippen LogP contribution >= 0.6 is 24.0 Å². The molecule has 0 atom stereocenters. The van der Waals surface area contributed by atoms with E-state index in [1.807, 2.05) is 13.2 Å². The van der Waals surface area contributed by atoms with E-state index in [9.17, 15) is 0 Å². The Bertz CT molecular complexity index is 764. The van der Waals surface area contributed by atoms with Gasteiger partial charge in [0.15, 0.2) is 5.96 Å². The smallest absolute Gasteiger partial charge is 0.191 e. The number of benzene rings is 1. The average Bonchev–Trinajstić information content (AvgIpc) is 3.19. The predicted molar refractivity (Wildman–Crippen MR) is 129 cm³/mol. The largest absolute Gasteiger partial charge is 0.357 e. The van der Waals surface area contributed by atoms with Crippen molar-refractivity contribution in [1.29, 1.82) is 0 Å². The highest BCUT2D eigenvalue weighted by atomic mass is 127. The average molecular weight is 493 g/mol. The fourth-order valence-corrected chi connectivity index (χ4v) is 3.63. The zero-order valence-electron chi connectivity index (χ0n) is 17.2. The summed E-state index contributed by atoms with van der Waals surface area (Å²) >= 11 is 0. The van der Waals surface area contributed by atoms with Gasteiger partial charge in [-0.2, -0.15) is 0 Å². The number of pyridine rings is 1. The summed E-state index contributed by atoms with van der Waals surface area (Å²) in [6.45, 7) is 8.13. The van der Waals surface area contributed by atoms with Gasteiger partial charge in [0.2, 0.25) is 0 Å². The number of hydrogen-bond acceptors (Lipinski definition) is 3. The Morgan fingerprint density at radius 2 is 1.75 bits per heavy atom. The lowest BCUT2D eigenvalue weighted by molar-refractivity contribution is 0.792. The van der Waals surface area contributed by atoms with Crippen molar-refractivity contribution < 1.29 is 0 Å². The predicted octanol–water partition coefficient (Wildman–Crippen LogP) is 3.82. The number of nitrogens with zero attached hydrogens (tertiary/aromatic N) is 3. The summed E-state index contributed by atoms with van der Waals surface area (Å²) in [7, 11) is 1.81. The van der Waals surface area contributed by atoms with E-state index < -0.39 is 0 Å². The molecule has 6 heteroatoms. The third kappa shape index (κ3) is 6.65. The Labute approximate surface area is 186 Å². The molecule has 0 amide bonds. The summed E-state index contributed by atoms with van der Waals surface area (Å²) in [6, 6.07) is 11.0. The van der Waals surface area contributed by atoms with Gasteiger partial charge in [-0.3, -0.25) is 4.99 Å². The first-order chi connectivity index (χ1) is 13.1. The Kier molecular flexibility index (Phi) is 9.02. The second-order valence-electron chi connectivity index (χ2n) is 7.31. The third-order valence-electron chi connectivity index (χ3n) is 4.91. The van der Waals surface area contributed by atoms with E-state index in [1.165, 1.54) is 35.1 Å². The zero-order valence-corrected chi connectivity index (χ0v) is 19.5. The van der Waals surface area contributed by atoms with E-state index in [0.29, 0.717) is 0 Å². The van der Waals surface area contributed by atoms with E-state index in [1.54, 1.807) is 0 Å². The van der Waals surface area contributed by atoms with Crippen LogP contribution in [0.1, 0.15) is 35.1 Å². The van der Waals surface area contributed by atoms with Crippen LogP contribution in [0, 0.1) is 13.8 Å². The molecule has 0 radical (unpaired) electrons. The molecule has 0 bridgehead atoms. The highest BCUT2D eigenvalue weighted by Crippen LogP contribution is 2.18. The number of halogens is 1. The number of aryl methyl sites for hydroxylation is 2. The number of aliphatic imine (C=N–C) groups is 1. The molecule has 1 aliphatic rings. The maximum atomic E-state index is 4.52. The van der Waals surface area contributed by atoms with Gasteiger partial charge in [-0.25, -0.2) is 4.98 Å². The van der Waals surface area contributed by atoms with Gasteiger partial charge in [-0.15, -0.1) is 24.0 Å². The highest BCUT2D eigenvalue weighted by Gasteiger charge is 2.13. The quantitative estimate of drug-likeness (QED) is 0.365. The summed E-state index contributed by atoms with van der Waals surface area (Å²) < 4.78 is 0. The van der Waals surface area contributed by atoms with E-state index in [0.717, 1.165) is 44.4 Å². The number of rotatable bonds is 6. The normalized spacial score (nSPS) is 14.0. The van der Waals surface area contributed by atoms with Crippen LogP contribution in [0.4, 0.5) is 5.82 Å². The van der Waals surface area contributed by atoms with Gasteiger partial charge in [-0.1, -0.05) is 29.3 Å². The van der Waals surface area contributed by atoms with Crippen LogP contribution in [0.25, 0.3) is 0 Å². The van der Waals surface area contributed by atoms with Gasteiger partial charge in [-0.05, 0) is 56.4 Å². The maximum Gasteiger partial charge on any atom is 0.191 e. The summed E-state index contributed by atoms with van der Waals surface area (Å²) in [4.78, 5) is 11.2. The number of aromatic nitrogens is 1. The molecule has 2 N–H and O–H groups in total. The number of guanidine groups is 1. The molecule has 0 spiro atoms. The van der Waals surface area contributed by atoms with Crippen molar-refractivity contribution in [2.24, 2.45) is 4.99 Å². The van der Waals surface area contributed by atoms with Crippen LogP contribution in [-0.2, 0) is 13.0 Å². The Morgan fingerprint density at radius 1 is 1.04 bits per heavy atom. The summed E-state index contributed by atoms with van der Waals surface area (Å²) in [5.41, 5.74) is 5.22. The van der Waals surface area contributed by atoms with Crippen molar-refractivity contribution in [2.45, 2.75) is 39.7 Å². The van der Waals surface area contributed by atoms with Gasteiger partial charge < -0.3 is 15.5 Å².